The fourth-order valence-electron chi connectivity index (χ4n) is 6.70. The highest BCUT2D eigenvalue weighted by Crippen LogP contribution is 2.19. The van der Waals surface area contributed by atoms with Crippen molar-refractivity contribution in [3.05, 3.63) is 24.3 Å². The summed E-state index contributed by atoms with van der Waals surface area (Å²) in [6, 6.07) is 0. The molecule has 0 amide bonds. The third-order valence-corrected chi connectivity index (χ3v) is 10.1. The minimum absolute atomic E-state index is 0.0191. The van der Waals surface area contributed by atoms with Gasteiger partial charge in [-0.15, -0.1) is 0 Å². The Kier molecular flexibility index (Phi) is 37.2. The van der Waals surface area contributed by atoms with Crippen LogP contribution in [-0.2, 0) is 23.9 Å². The van der Waals surface area contributed by atoms with Gasteiger partial charge in [-0.1, -0.05) is 135 Å². The Hall–Kier alpha value is -2.15. The summed E-state index contributed by atoms with van der Waals surface area (Å²) in [5.41, 5.74) is 0.0383. The maximum absolute atomic E-state index is 12.6. The van der Waals surface area contributed by atoms with Crippen molar-refractivity contribution >= 4 is 17.9 Å². The molecule has 1 atom stereocenters. The van der Waals surface area contributed by atoms with Gasteiger partial charge in [-0.3, -0.25) is 14.4 Å². The molecule has 0 rings (SSSR count). The van der Waals surface area contributed by atoms with E-state index in [1.54, 1.807) is 0 Å². The van der Waals surface area contributed by atoms with Crippen LogP contribution in [0.4, 0.5) is 0 Å². The lowest BCUT2D eigenvalue weighted by molar-refractivity contribution is -0.150. The molecular formula is C48H89NO6. The molecule has 1 N–H and O–H groups in total. The lowest BCUT2D eigenvalue weighted by Crippen LogP contribution is -2.20. The number of aliphatic carboxylic acids is 1. The molecule has 0 aromatic carbocycles. The van der Waals surface area contributed by atoms with Crippen LogP contribution in [0.2, 0.25) is 0 Å². The lowest BCUT2D eigenvalue weighted by Gasteiger charge is -2.18. The second kappa shape index (κ2) is 38.7. The molecule has 0 radical (unpaired) electrons. The molecule has 0 saturated heterocycles. The molecule has 0 aliphatic rings. The number of carbonyl (C=O) groups excluding carboxylic acids is 2. The van der Waals surface area contributed by atoms with Crippen LogP contribution in [0.5, 0.6) is 0 Å². The molecule has 0 spiro atoms. The Morgan fingerprint density at radius 3 is 1.27 bits per heavy atom. The largest absolute Gasteiger partial charge is 0.481 e. The summed E-state index contributed by atoms with van der Waals surface area (Å²) < 4.78 is 11.3. The SMILES string of the molecule is CN(C)CCCC(=O)OC(CCCCCCCCC=CCCCCCCCC(=O)O)CCCCCCCCC=CCCCCCCCC(=O)OCC(C)(C)C. The molecule has 0 heterocycles. The Labute approximate surface area is 340 Å². The summed E-state index contributed by atoms with van der Waals surface area (Å²) in [6.45, 7) is 7.67. The van der Waals surface area contributed by atoms with Gasteiger partial charge < -0.3 is 19.5 Å². The molecule has 0 saturated carbocycles. The minimum atomic E-state index is -0.680. The van der Waals surface area contributed by atoms with E-state index >= 15 is 0 Å². The monoisotopic (exact) mass is 776 g/mol. The number of rotatable bonds is 40. The summed E-state index contributed by atoms with van der Waals surface area (Å²) in [6.07, 6.45) is 44.4. The van der Waals surface area contributed by atoms with E-state index in [0.29, 0.717) is 25.9 Å². The van der Waals surface area contributed by atoms with Crippen molar-refractivity contribution in [3.8, 4) is 0 Å². The maximum atomic E-state index is 12.6. The Morgan fingerprint density at radius 1 is 0.509 bits per heavy atom. The maximum Gasteiger partial charge on any atom is 0.306 e. The molecule has 0 bridgehead atoms. The predicted octanol–water partition coefficient (Wildman–Crippen LogP) is 13.7. The zero-order chi connectivity index (χ0) is 40.7. The van der Waals surface area contributed by atoms with Crippen molar-refractivity contribution in [2.45, 2.75) is 232 Å². The van der Waals surface area contributed by atoms with Crippen LogP contribution in [0.15, 0.2) is 24.3 Å². The van der Waals surface area contributed by atoms with Crippen LogP contribution in [0.1, 0.15) is 226 Å². The van der Waals surface area contributed by atoms with E-state index in [4.69, 9.17) is 14.6 Å². The zero-order valence-electron chi connectivity index (χ0n) is 36.9. The van der Waals surface area contributed by atoms with Crippen molar-refractivity contribution in [3.63, 3.8) is 0 Å². The number of carbonyl (C=O) groups is 3. The summed E-state index contributed by atoms with van der Waals surface area (Å²) >= 11 is 0. The van der Waals surface area contributed by atoms with Crippen molar-refractivity contribution in [2.75, 3.05) is 27.2 Å². The van der Waals surface area contributed by atoms with Crippen LogP contribution < -0.4 is 0 Å². The molecule has 0 fully saturated rings. The summed E-state index contributed by atoms with van der Waals surface area (Å²) in [4.78, 5) is 37.1. The van der Waals surface area contributed by atoms with Crippen LogP contribution in [0.25, 0.3) is 0 Å². The third-order valence-electron chi connectivity index (χ3n) is 10.1. The molecule has 55 heavy (non-hydrogen) atoms. The normalized spacial score (nSPS) is 12.6. The molecule has 0 aliphatic heterocycles. The molecule has 0 aromatic rings. The zero-order valence-corrected chi connectivity index (χ0v) is 36.9. The minimum Gasteiger partial charge on any atom is -0.481 e. The number of hydrogen-bond donors (Lipinski definition) is 1. The van der Waals surface area contributed by atoms with Gasteiger partial charge in [0.2, 0.25) is 0 Å². The number of esters is 2. The Balaban J connectivity index is 3.93. The molecule has 0 aliphatic carbocycles. The van der Waals surface area contributed by atoms with Crippen LogP contribution in [0.3, 0.4) is 0 Å². The van der Waals surface area contributed by atoms with E-state index in [1.165, 1.54) is 109 Å². The van der Waals surface area contributed by atoms with Gasteiger partial charge in [-0.25, -0.2) is 0 Å². The summed E-state index contributed by atoms with van der Waals surface area (Å²) in [7, 11) is 4.09. The van der Waals surface area contributed by atoms with Crippen LogP contribution in [0, 0.1) is 5.41 Å². The molecule has 7 nitrogen and oxygen atoms in total. The highest BCUT2D eigenvalue weighted by Gasteiger charge is 2.15. The van der Waals surface area contributed by atoms with Gasteiger partial charge in [0.1, 0.15) is 6.10 Å². The van der Waals surface area contributed by atoms with E-state index in [2.05, 4.69) is 50.0 Å². The van der Waals surface area contributed by atoms with Gasteiger partial charge in [0.15, 0.2) is 0 Å². The van der Waals surface area contributed by atoms with Crippen molar-refractivity contribution in [1.29, 1.82) is 0 Å². The Morgan fingerprint density at radius 2 is 0.873 bits per heavy atom. The number of unbranched alkanes of at least 4 members (excludes halogenated alkanes) is 22. The van der Waals surface area contributed by atoms with E-state index in [0.717, 1.165) is 83.6 Å². The van der Waals surface area contributed by atoms with Crippen LogP contribution >= 0.6 is 0 Å². The van der Waals surface area contributed by atoms with Gasteiger partial charge >= 0.3 is 17.9 Å². The first-order chi connectivity index (χ1) is 26.5. The molecule has 0 aromatic heterocycles. The fraction of sp³-hybridized carbons (Fsp3) is 0.854. The summed E-state index contributed by atoms with van der Waals surface area (Å²) in [5.74, 6) is -0.752. The number of carboxylic acids is 1. The second-order valence-corrected chi connectivity index (χ2v) is 17.6. The van der Waals surface area contributed by atoms with E-state index in [-0.39, 0.29) is 23.5 Å². The number of allylic oxidation sites excluding steroid dienone is 4. The Bertz CT molecular complexity index is 953. The highest BCUT2D eigenvalue weighted by atomic mass is 16.5. The molecule has 1 unspecified atom stereocenters. The average molecular weight is 776 g/mol. The average Bonchev–Trinajstić information content (AvgIpc) is 3.12. The first kappa shape index (κ1) is 52.9. The van der Waals surface area contributed by atoms with Gasteiger partial charge in [0.25, 0.3) is 0 Å². The van der Waals surface area contributed by atoms with Gasteiger partial charge in [0, 0.05) is 19.3 Å². The molecule has 322 valence electrons. The second-order valence-electron chi connectivity index (χ2n) is 17.6. The highest BCUT2D eigenvalue weighted by molar-refractivity contribution is 5.69. The predicted molar refractivity (Wildman–Crippen MR) is 233 cm³/mol. The van der Waals surface area contributed by atoms with Gasteiger partial charge in [-0.2, -0.15) is 0 Å². The molecule has 7 heteroatoms. The quantitative estimate of drug-likeness (QED) is 0.0376. The first-order valence-corrected chi connectivity index (χ1v) is 23.0. The topological polar surface area (TPSA) is 93.1 Å². The first-order valence-electron chi connectivity index (χ1n) is 23.0. The van der Waals surface area contributed by atoms with E-state index < -0.39 is 5.97 Å². The number of hydrogen-bond acceptors (Lipinski definition) is 6. The standard InChI is InChI=1S/C48H89NO6/c1-48(2,3)43-54-46(52)40-35-31-27-23-19-15-11-7-9-13-17-21-25-29-33-38-44(55-47(53)41-36-42-49(4)5)37-32-28-24-20-16-12-8-6-10-14-18-22-26-30-34-39-45(50)51/h6-7,10-11,44H,8-9,12-43H2,1-5H3,(H,50,51). The van der Waals surface area contributed by atoms with Crippen molar-refractivity contribution in [1.82, 2.24) is 4.90 Å². The molecular weight excluding hydrogens is 687 g/mol. The number of ether oxygens (including phenoxy) is 2. The van der Waals surface area contributed by atoms with Gasteiger partial charge in [-0.05, 0) is 122 Å². The van der Waals surface area contributed by atoms with Crippen molar-refractivity contribution < 1.29 is 29.0 Å². The summed E-state index contributed by atoms with van der Waals surface area (Å²) in [5, 5.41) is 8.69. The number of nitrogens with zero attached hydrogens (tertiary/aromatic N) is 1. The van der Waals surface area contributed by atoms with Gasteiger partial charge in [0.05, 0.1) is 6.61 Å². The smallest absolute Gasteiger partial charge is 0.306 e. The van der Waals surface area contributed by atoms with Crippen molar-refractivity contribution in [2.24, 2.45) is 5.41 Å². The third kappa shape index (κ3) is 44.4. The van der Waals surface area contributed by atoms with Crippen LogP contribution in [-0.4, -0.2) is 61.3 Å². The number of carboxylic acid groups (broad SMARTS) is 1. The lowest BCUT2D eigenvalue weighted by atomic mass is 9.99. The van der Waals surface area contributed by atoms with E-state index in [1.807, 2.05) is 14.1 Å². The fourth-order valence-corrected chi connectivity index (χ4v) is 6.70. The van der Waals surface area contributed by atoms with E-state index in [9.17, 15) is 14.4 Å².